The fraction of sp³-hybridized carbons (Fsp3) is 0.263. The third-order valence-electron chi connectivity index (χ3n) is 4.66. The molecule has 0 radical (unpaired) electrons. The molecule has 12 nitrogen and oxygen atoms in total. The van der Waals surface area contributed by atoms with E-state index in [2.05, 4.69) is 14.3 Å². The highest BCUT2D eigenvalue weighted by molar-refractivity contribution is 8.07. The summed E-state index contributed by atoms with van der Waals surface area (Å²) in [4.78, 5) is 37.8. The van der Waals surface area contributed by atoms with Crippen LogP contribution in [0, 0.1) is 6.92 Å². The van der Waals surface area contributed by atoms with Gasteiger partial charge in [0.05, 0.1) is 13.2 Å². The molecule has 2 aromatic rings. The van der Waals surface area contributed by atoms with Gasteiger partial charge >= 0.3 is 15.6 Å². The number of rotatable bonds is 9. The zero-order valence-electron chi connectivity index (χ0n) is 18.2. The van der Waals surface area contributed by atoms with Crippen molar-refractivity contribution in [2.75, 3.05) is 12.3 Å². The lowest BCUT2D eigenvalue weighted by Gasteiger charge is -2.23. The van der Waals surface area contributed by atoms with Crippen LogP contribution in [-0.2, 0) is 24.5 Å². The summed E-state index contributed by atoms with van der Waals surface area (Å²) >= 11 is 1.23. The van der Waals surface area contributed by atoms with E-state index in [0.717, 1.165) is 5.70 Å². The third-order valence-corrected chi connectivity index (χ3v) is 8.20. The maximum atomic E-state index is 11.7. The lowest BCUT2D eigenvalue weighted by molar-refractivity contribution is 0.180. The highest BCUT2D eigenvalue weighted by Gasteiger charge is 2.33. The van der Waals surface area contributed by atoms with E-state index in [1.165, 1.54) is 11.8 Å². The SMILES string of the molecule is CC1=C(CCOP(=O)(O)OP(=O)(O)O)SC(=C(O)c2ccccc2)N1Cc1cnc(C)nc1N. The molecule has 184 valence electrons. The predicted octanol–water partition coefficient (Wildman–Crippen LogP) is 3.65. The van der Waals surface area contributed by atoms with E-state index < -0.39 is 15.6 Å². The summed E-state index contributed by atoms with van der Waals surface area (Å²) in [6.07, 6.45) is 1.71. The van der Waals surface area contributed by atoms with Gasteiger partial charge in [0, 0.05) is 34.3 Å². The van der Waals surface area contributed by atoms with Crippen LogP contribution in [0.4, 0.5) is 5.82 Å². The molecule has 34 heavy (non-hydrogen) atoms. The van der Waals surface area contributed by atoms with Crippen molar-refractivity contribution in [3.63, 3.8) is 0 Å². The summed E-state index contributed by atoms with van der Waals surface area (Å²) in [6, 6.07) is 8.91. The first kappa shape index (κ1) is 26.4. The van der Waals surface area contributed by atoms with Crippen LogP contribution in [0.1, 0.15) is 30.3 Å². The highest BCUT2D eigenvalue weighted by atomic mass is 32.2. The number of aliphatic hydroxyl groups excluding tert-OH is 1. The molecule has 1 aliphatic rings. The van der Waals surface area contributed by atoms with Gasteiger partial charge in [0.1, 0.15) is 16.7 Å². The molecular weight excluding hydrogens is 506 g/mol. The Morgan fingerprint density at radius 3 is 2.47 bits per heavy atom. The summed E-state index contributed by atoms with van der Waals surface area (Å²) in [5.74, 6) is 0.845. The van der Waals surface area contributed by atoms with Gasteiger partial charge in [-0.25, -0.2) is 19.1 Å². The van der Waals surface area contributed by atoms with Crippen molar-refractivity contribution in [2.45, 2.75) is 26.8 Å². The lowest BCUT2D eigenvalue weighted by atomic mass is 10.2. The number of thioether (sulfide) groups is 1. The molecule has 6 N–H and O–H groups in total. The van der Waals surface area contributed by atoms with Crippen molar-refractivity contribution in [3.05, 3.63) is 69.1 Å². The van der Waals surface area contributed by atoms with Crippen LogP contribution in [-0.4, -0.2) is 41.3 Å². The fourth-order valence-corrected chi connectivity index (χ4v) is 5.87. The Bertz CT molecular complexity index is 1220. The van der Waals surface area contributed by atoms with Gasteiger partial charge in [-0.2, -0.15) is 4.31 Å². The zero-order chi connectivity index (χ0) is 25.1. The molecule has 1 atom stereocenters. The van der Waals surface area contributed by atoms with Crippen LogP contribution in [0.3, 0.4) is 0 Å². The molecule has 3 rings (SSSR count). The van der Waals surface area contributed by atoms with E-state index in [-0.39, 0.29) is 25.3 Å². The van der Waals surface area contributed by atoms with E-state index in [0.29, 0.717) is 32.7 Å². The number of hydrogen-bond donors (Lipinski definition) is 5. The maximum absolute atomic E-state index is 11.7. The molecule has 0 bridgehead atoms. The van der Waals surface area contributed by atoms with Crippen molar-refractivity contribution in [1.82, 2.24) is 14.9 Å². The number of aliphatic hydroxyl groups is 1. The molecule has 0 aliphatic carbocycles. The molecule has 1 unspecified atom stereocenters. The second-order valence-corrected chi connectivity index (χ2v) is 11.1. The summed E-state index contributed by atoms with van der Waals surface area (Å²) in [7, 11) is -10.2. The summed E-state index contributed by atoms with van der Waals surface area (Å²) < 4.78 is 31.0. The number of benzene rings is 1. The van der Waals surface area contributed by atoms with Crippen molar-refractivity contribution in [3.8, 4) is 0 Å². The molecule has 0 saturated carbocycles. The second-order valence-electron chi connectivity index (χ2n) is 7.17. The zero-order valence-corrected chi connectivity index (χ0v) is 20.8. The van der Waals surface area contributed by atoms with Crippen molar-refractivity contribution in [1.29, 1.82) is 0 Å². The minimum Gasteiger partial charge on any atom is -0.505 e. The van der Waals surface area contributed by atoms with Crippen LogP contribution in [0.15, 0.2) is 52.2 Å². The number of allylic oxidation sites excluding steroid dienone is 1. The smallest absolute Gasteiger partial charge is 0.481 e. The van der Waals surface area contributed by atoms with Crippen molar-refractivity contribution >= 4 is 39.0 Å². The third kappa shape index (κ3) is 6.91. The average molecular weight is 530 g/mol. The minimum atomic E-state index is -5.21. The number of phosphoric acid groups is 2. The summed E-state index contributed by atoms with van der Waals surface area (Å²) in [5.41, 5.74) is 7.99. The molecule has 2 heterocycles. The van der Waals surface area contributed by atoms with Crippen LogP contribution in [0.5, 0.6) is 0 Å². The number of phosphoric ester groups is 1. The Labute approximate surface area is 200 Å². The standard InChI is InChI=1S/C19H24N4O8P2S/c1-12-16(8-9-30-33(28,29)31-32(25,26)27)34-19(17(24)14-6-4-3-5-7-14)23(12)11-15-10-21-13(2)22-18(15)20/h3-7,10,24H,8-9,11H2,1-2H3,(H,28,29)(H2,20,21,22)(H2,25,26,27). The largest absolute Gasteiger partial charge is 0.505 e. The van der Waals surface area contributed by atoms with Crippen LogP contribution >= 0.6 is 27.4 Å². The van der Waals surface area contributed by atoms with Crippen molar-refractivity contribution in [2.24, 2.45) is 0 Å². The van der Waals surface area contributed by atoms with E-state index in [9.17, 15) is 19.1 Å². The Morgan fingerprint density at radius 1 is 1.18 bits per heavy atom. The molecule has 0 fully saturated rings. The number of aromatic nitrogens is 2. The van der Waals surface area contributed by atoms with Gasteiger partial charge in [0.2, 0.25) is 0 Å². The quantitative estimate of drug-likeness (QED) is 0.234. The molecule has 15 heteroatoms. The molecule has 0 amide bonds. The van der Waals surface area contributed by atoms with E-state index in [1.54, 1.807) is 44.3 Å². The second kappa shape index (κ2) is 10.6. The molecule has 1 aliphatic heterocycles. The number of anilines is 1. The lowest BCUT2D eigenvalue weighted by Crippen LogP contribution is -2.19. The Morgan fingerprint density at radius 2 is 1.85 bits per heavy atom. The first-order valence-corrected chi connectivity index (χ1v) is 13.7. The topological polar surface area (TPSA) is 189 Å². The fourth-order valence-electron chi connectivity index (χ4n) is 3.08. The predicted molar refractivity (Wildman–Crippen MR) is 127 cm³/mol. The first-order valence-electron chi connectivity index (χ1n) is 9.82. The molecule has 0 spiro atoms. The number of nitrogen functional groups attached to an aromatic ring is 1. The number of hydrogen-bond acceptors (Lipinski definition) is 10. The highest BCUT2D eigenvalue weighted by Crippen LogP contribution is 2.58. The van der Waals surface area contributed by atoms with E-state index in [4.69, 9.17) is 20.0 Å². The van der Waals surface area contributed by atoms with Gasteiger partial charge in [-0.1, -0.05) is 42.1 Å². The van der Waals surface area contributed by atoms with Gasteiger partial charge in [-0.05, 0) is 13.8 Å². The van der Waals surface area contributed by atoms with Crippen LogP contribution in [0.25, 0.3) is 5.76 Å². The van der Waals surface area contributed by atoms with Gasteiger partial charge < -0.3 is 30.4 Å². The molecular formula is C19H24N4O8P2S. The number of aryl methyl sites for hydroxylation is 1. The normalized spacial score (nSPS) is 17.7. The van der Waals surface area contributed by atoms with Gasteiger partial charge in [-0.15, -0.1) is 0 Å². The monoisotopic (exact) mass is 530 g/mol. The minimum absolute atomic E-state index is 0.0186. The van der Waals surface area contributed by atoms with E-state index >= 15 is 0 Å². The summed E-state index contributed by atoms with van der Waals surface area (Å²) in [6.45, 7) is 3.40. The van der Waals surface area contributed by atoms with Crippen LogP contribution < -0.4 is 5.73 Å². The average Bonchev–Trinajstić information content (AvgIpc) is 3.04. The van der Waals surface area contributed by atoms with Crippen molar-refractivity contribution < 1.29 is 37.8 Å². The van der Waals surface area contributed by atoms with Gasteiger partial charge in [0.15, 0.2) is 5.76 Å². The first-order chi connectivity index (χ1) is 15.9. The molecule has 1 aromatic carbocycles. The Balaban J connectivity index is 1.87. The number of nitrogens with zero attached hydrogens (tertiary/aromatic N) is 3. The van der Waals surface area contributed by atoms with E-state index in [1.807, 2.05) is 11.0 Å². The Kier molecular flexibility index (Phi) is 8.22. The van der Waals surface area contributed by atoms with Gasteiger partial charge in [-0.3, -0.25) is 4.52 Å². The number of nitrogens with two attached hydrogens (primary N) is 1. The summed E-state index contributed by atoms with van der Waals surface area (Å²) in [5, 5.41) is 11.5. The van der Waals surface area contributed by atoms with Gasteiger partial charge in [0.25, 0.3) is 0 Å². The molecule has 1 aromatic heterocycles. The maximum Gasteiger partial charge on any atom is 0.481 e. The Hall–Kier alpha value is -2.21. The van der Waals surface area contributed by atoms with Crippen LogP contribution in [0.2, 0.25) is 0 Å². The molecule has 0 saturated heterocycles.